The van der Waals surface area contributed by atoms with Crippen LogP contribution in [0.4, 0.5) is 0 Å². The minimum Gasteiger partial charge on any atom is -0.272 e. The number of nitrogens with zero attached hydrogens (tertiary/aromatic N) is 4. The summed E-state index contributed by atoms with van der Waals surface area (Å²) >= 11 is 5.64. The molecular formula is C12H12ClN5O3S. The Balaban J connectivity index is 1.87. The number of rotatable bonds is 6. The fourth-order valence-electron chi connectivity index (χ4n) is 1.52. The molecule has 1 amide bonds. The van der Waals surface area contributed by atoms with Crippen LogP contribution in [0.5, 0.6) is 0 Å². The third-order valence-corrected chi connectivity index (χ3v) is 3.92. The zero-order valence-electron chi connectivity index (χ0n) is 11.3. The summed E-state index contributed by atoms with van der Waals surface area (Å²) in [5, 5.41) is 7.73. The minimum atomic E-state index is -3.67. The molecule has 0 saturated carbocycles. The monoisotopic (exact) mass is 341 g/mol. The van der Waals surface area contributed by atoms with Gasteiger partial charge in [-0.3, -0.25) is 14.5 Å². The number of carbonyl (C=O) groups excluding carboxylic acids is 1. The number of nitrogens with one attached hydrogen (secondary N) is 1. The maximum Gasteiger partial charge on any atom is 0.255 e. The highest BCUT2D eigenvalue weighted by molar-refractivity contribution is 7.91. The largest absolute Gasteiger partial charge is 0.272 e. The average molecular weight is 342 g/mol. The lowest BCUT2D eigenvalue weighted by Crippen LogP contribution is -2.28. The number of hydrogen-bond donors (Lipinski definition) is 1. The second-order valence-electron chi connectivity index (χ2n) is 4.29. The normalized spacial score (nSPS) is 11.7. The minimum absolute atomic E-state index is 0.320. The Hall–Kier alpha value is -2.26. The molecule has 0 spiro atoms. The Labute approximate surface area is 131 Å². The highest BCUT2D eigenvalue weighted by atomic mass is 35.5. The van der Waals surface area contributed by atoms with E-state index in [1.54, 1.807) is 24.5 Å². The van der Waals surface area contributed by atoms with E-state index in [1.165, 1.54) is 18.6 Å². The summed E-state index contributed by atoms with van der Waals surface area (Å²) in [6.45, 7) is 0. The van der Waals surface area contributed by atoms with E-state index in [9.17, 15) is 13.2 Å². The third kappa shape index (κ3) is 5.26. The Bertz CT molecular complexity index is 773. The van der Waals surface area contributed by atoms with Crippen LogP contribution in [-0.4, -0.2) is 41.1 Å². The average Bonchev–Trinajstić information content (AvgIpc) is 2.83. The maximum absolute atomic E-state index is 11.8. The molecule has 2 aromatic heterocycles. The number of amides is 1. The second-order valence-corrected chi connectivity index (χ2v) is 6.77. The first kappa shape index (κ1) is 16.1. The number of hydrazone groups is 1. The number of hydrogen-bond acceptors (Lipinski definition) is 6. The standard InChI is InChI=1S/C12H12ClN5O3S/c13-11-6-16-18(7-11)9-22(20,21)8-12(19)17-15-5-10-2-1-3-14-4-10/h1-7H,8-9H2,(H,17,19). The summed E-state index contributed by atoms with van der Waals surface area (Å²) in [5.74, 6) is -1.87. The summed E-state index contributed by atoms with van der Waals surface area (Å²) in [6, 6.07) is 3.45. The van der Waals surface area contributed by atoms with Gasteiger partial charge in [0.25, 0.3) is 5.91 Å². The lowest BCUT2D eigenvalue weighted by atomic mass is 10.3. The fourth-order valence-corrected chi connectivity index (χ4v) is 2.78. The van der Waals surface area contributed by atoms with Gasteiger partial charge < -0.3 is 0 Å². The molecule has 0 saturated heterocycles. The van der Waals surface area contributed by atoms with Crippen molar-refractivity contribution in [2.45, 2.75) is 5.88 Å². The molecule has 8 nitrogen and oxygen atoms in total. The van der Waals surface area contributed by atoms with E-state index in [0.717, 1.165) is 4.68 Å². The Morgan fingerprint density at radius 3 is 2.91 bits per heavy atom. The molecule has 0 radical (unpaired) electrons. The lowest BCUT2D eigenvalue weighted by molar-refractivity contribution is -0.118. The molecule has 10 heteroatoms. The summed E-state index contributed by atoms with van der Waals surface area (Å²) < 4.78 is 24.8. The van der Waals surface area contributed by atoms with Gasteiger partial charge in [0.2, 0.25) is 0 Å². The van der Waals surface area contributed by atoms with Crippen molar-refractivity contribution in [2.24, 2.45) is 5.10 Å². The first-order chi connectivity index (χ1) is 10.4. The summed E-state index contributed by atoms with van der Waals surface area (Å²) in [4.78, 5) is 15.4. The van der Waals surface area contributed by atoms with Gasteiger partial charge in [0.05, 0.1) is 17.4 Å². The van der Waals surface area contributed by atoms with Crippen LogP contribution in [-0.2, 0) is 20.5 Å². The van der Waals surface area contributed by atoms with Crippen LogP contribution in [0.2, 0.25) is 5.02 Å². The molecule has 2 aromatic rings. The molecule has 116 valence electrons. The van der Waals surface area contributed by atoms with Gasteiger partial charge in [-0.2, -0.15) is 10.2 Å². The van der Waals surface area contributed by atoms with Gasteiger partial charge in [-0.1, -0.05) is 17.7 Å². The van der Waals surface area contributed by atoms with E-state index in [-0.39, 0.29) is 0 Å². The smallest absolute Gasteiger partial charge is 0.255 e. The number of aromatic nitrogens is 3. The van der Waals surface area contributed by atoms with E-state index in [0.29, 0.717) is 10.6 Å². The van der Waals surface area contributed by atoms with Crippen LogP contribution in [0.1, 0.15) is 5.56 Å². The van der Waals surface area contributed by atoms with E-state index in [4.69, 9.17) is 11.6 Å². The molecular weight excluding hydrogens is 330 g/mol. The van der Waals surface area contributed by atoms with Crippen molar-refractivity contribution in [1.29, 1.82) is 0 Å². The molecule has 1 N–H and O–H groups in total. The summed E-state index contributed by atoms with van der Waals surface area (Å²) in [7, 11) is -3.67. The van der Waals surface area contributed by atoms with E-state index in [1.807, 2.05) is 0 Å². The van der Waals surface area contributed by atoms with Crippen LogP contribution in [0, 0.1) is 0 Å². The van der Waals surface area contributed by atoms with Gasteiger partial charge >= 0.3 is 0 Å². The highest BCUT2D eigenvalue weighted by Gasteiger charge is 2.17. The Morgan fingerprint density at radius 1 is 1.45 bits per heavy atom. The summed E-state index contributed by atoms with van der Waals surface area (Å²) in [5.41, 5.74) is 2.82. The Kier molecular flexibility index (Phi) is 5.23. The van der Waals surface area contributed by atoms with Crippen molar-refractivity contribution in [3.8, 4) is 0 Å². The molecule has 0 unspecified atom stereocenters. The Morgan fingerprint density at radius 2 is 2.27 bits per heavy atom. The molecule has 22 heavy (non-hydrogen) atoms. The van der Waals surface area contributed by atoms with Crippen LogP contribution >= 0.6 is 11.6 Å². The molecule has 0 aliphatic rings. The number of pyridine rings is 1. The van der Waals surface area contributed by atoms with Crippen LogP contribution < -0.4 is 5.43 Å². The van der Waals surface area contributed by atoms with Crippen molar-refractivity contribution in [3.05, 3.63) is 47.5 Å². The molecule has 0 bridgehead atoms. The SMILES string of the molecule is O=C(CS(=O)(=O)Cn1cc(Cl)cn1)NN=Cc1cccnc1. The first-order valence-electron chi connectivity index (χ1n) is 6.05. The lowest BCUT2D eigenvalue weighted by Gasteiger charge is -2.03. The van der Waals surface area contributed by atoms with Gasteiger partial charge in [-0.05, 0) is 6.07 Å². The first-order valence-corrected chi connectivity index (χ1v) is 8.25. The number of sulfone groups is 1. The third-order valence-electron chi connectivity index (χ3n) is 2.37. The van der Waals surface area contributed by atoms with Gasteiger partial charge in [0.15, 0.2) is 9.84 Å². The maximum atomic E-state index is 11.8. The van der Waals surface area contributed by atoms with Crippen molar-refractivity contribution in [3.63, 3.8) is 0 Å². The van der Waals surface area contributed by atoms with Crippen molar-refractivity contribution < 1.29 is 13.2 Å². The van der Waals surface area contributed by atoms with Crippen molar-refractivity contribution in [1.82, 2.24) is 20.2 Å². The van der Waals surface area contributed by atoms with E-state index < -0.39 is 27.4 Å². The van der Waals surface area contributed by atoms with Gasteiger partial charge in [0, 0.05) is 24.2 Å². The highest BCUT2D eigenvalue weighted by Crippen LogP contribution is 2.06. The molecule has 0 aliphatic carbocycles. The quantitative estimate of drug-likeness (QED) is 0.606. The molecule has 0 atom stereocenters. The van der Waals surface area contributed by atoms with E-state index >= 15 is 0 Å². The van der Waals surface area contributed by atoms with Gasteiger partial charge in [-0.15, -0.1) is 0 Å². The number of halogens is 1. The van der Waals surface area contributed by atoms with Crippen molar-refractivity contribution in [2.75, 3.05) is 5.75 Å². The molecule has 0 aromatic carbocycles. The second kappa shape index (κ2) is 7.14. The van der Waals surface area contributed by atoms with Crippen LogP contribution in [0.15, 0.2) is 42.0 Å². The number of carbonyl (C=O) groups is 1. The fraction of sp³-hybridized carbons (Fsp3) is 0.167. The molecule has 0 aliphatic heterocycles. The molecule has 0 fully saturated rings. The zero-order chi connectivity index (χ0) is 16.0. The predicted octanol–water partition coefficient (Wildman–Crippen LogP) is 0.454. The van der Waals surface area contributed by atoms with Gasteiger partial charge in [0.1, 0.15) is 11.6 Å². The van der Waals surface area contributed by atoms with Gasteiger partial charge in [-0.25, -0.2) is 13.8 Å². The van der Waals surface area contributed by atoms with Crippen LogP contribution in [0.3, 0.4) is 0 Å². The van der Waals surface area contributed by atoms with Crippen LogP contribution in [0.25, 0.3) is 0 Å². The van der Waals surface area contributed by atoms with Crippen molar-refractivity contribution >= 4 is 33.6 Å². The molecule has 2 rings (SSSR count). The summed E-state index contributed by atoms with van der Waals surface area (Å²) in [6.07, 6.45) is 7.19. The zero-order valence-corrected chi connectivity index (χ0v) is 12.8. The predicted molar refractivity (Wildman–Crippen MR) is 81.0 cm³/mol. The topological polar surface area (TPSA) is 106 Å². The van der Waals surface area contributed by atoms with E-state index in [2.05, 4.69) is 20.6 Å². The molecule has 2 heterocycles.